The fraction of sp³-hybridized carbons (Fsp3) is 0.643. The van der Waals surface area contributed by atoms with Crippen molar-refractivity contribution in [3.05, 3.63) is 17.8 Å². The van der Waals surface area contributed by atoms with Crippen LogP contribution in [0, 0.1) is 0 Å². The Morgan fingerprint density at radius 1 is 1.20 bits per heavy atom. The Morgan fingerprint density at radius 3 is 2.65 bits per heavy atom. The van der Waals surface area contributed by atoms with E-state index in [1.165, 1.54) is 12.8 Å². The highest BCUT2D eigenvalue weighted by atomic mass is 16.2. The van der Waals surface area contributed by atoms with E-state index in [0.717, 1.165) is 38.3 Å². The van der Waals surface area contributed by atoms with Gasteiger partial charge < -0.3 is 15.5 Å². The third kappa shape index (κ3) is 2.47. The van der Waals surface area contributed by atoms with Gasteiger partial charge in [-0.2, -0.15) is 0 Å². The molecular formula is C14H21N5O. The van der Waals surface area contributed by atoms with Gasteiger partial charge in [0.15, 0.2) is 11.5 Å². The smallest absolute Gasteiger partial charge is 0.274 e. The molecule has 1 unspecified atom stereocenters. The Labute approximate surface area is 118 Å². The maximum Gasteiger partial charge on any atom is 0.274 e. The van der Waals surface area contributed by atoms with Crippen molar-refractivity contribution in [3.63, 3.8) is 0 Å². The fourth-order valence-corrected chi connectivity index (χ4v) is 3.05. The molecule has 0 radical (unpaired) electrons. The highest BCUT2D eigenvalue weighted by Crippen LogP contribution is 2.20. The molecule has 1 atom stereocenters. The van der Waals surface area contributed by atoms with E-state index in [1.54, 1.807) is 6.07 Å². The molecule has 0 saturated carbocycles. The van der Waals surface area contributed by atoms with E-state index in [9.17, 15) is 4.79 Å². The van der Waals surface area contributed by atoms with Crippen LogP contribution in [0.5, 0.6) is 0 Å². The van der Waals surface area contributed by atoms with Gasteiger partial charge in [0.25, 0.3) is 5.91 Å². The van der Waals surface area contributed by atoms with Crippen LogP contribution in [0.4, 0.5) is 5.82 Å². The highest BCUT2D eigenvalue weighted by molar-refractivity contribution is 5.92. The van der Waals surface area contributed by atoms with Crippen LogP contribution < -0.4 is 10.6 Å². The average molecular weight is 275 g/mol. The zero-order valence-electron chi connectivity index (χ0n) is 11.7. The molecule has 0 aromatic carbocycles. The molecule has 20 heavy (non-hydrogen) atoms. The van der Waals surface area contributed by atoms with Gasteiger partial charge in [0.1, 0.15) is 0 Å². The van der Waals surface area contributed by atoms with Gasteiger partial charge in [0.2, 0.25) is 0 Å². The van der Waals surface area contributed by atoms with E-state index >= 15 is 0 Å². The van der Waals surface area contributed by atoms with Crippen LogP contribution in [0.15, 0.2) is 12.1 Å². The Hall–Kier alpha value is -1.69. The number of nitrogens with two attached hydrogens (primary N) is 1. The Morgan fingerprint density at radius 2 is 2.00 bits per heavy atom. The quantitative estimate of drug-likeness (QED) is 0.876. The number of amides is 1. The summed E-state index contributed by atoms with van der Waals surface area (Å²) in [5, 5.41) is 8.31. The maximum atomic E-state index is 12.4. The maximum absolute atomic E-state index is 12.4. The van der Waals surface area contributed by atoms with Crippen LogP contribution in [0.25, 0.3) is 0 Å². The molecule has 6 heteroatoms. The molecule has 1 aromatic heterocycles. The van der Waals surface area contributed by atoms with E-state index in [0.29, 0.717) is 12.2 Å². The first-order valence-electron chi connectivity index (χ1n) is 7.39. The van der Waals surface area contributed by atoms with E-state index in [4.69, 9.17) is 5.73 Å². The van der Waals surface area contributed by atoms with Crippen LogP contribution in [0.2, 0.25) is 0 Å². The van der Waals surface area contributed by atoms with Crippen molar-refractivity contribution in [2.24, 2.45) is 5.73 Å². The second-order valence-corrected chi connectivity index (χ2v) is 5.50. The lowest BCUT2D eigenvalue weighted by Crippen LogP contribution is -2.40. The monoisotopic (exact) mass is 275 g/mol. The standard InChI is InChI=1S/C14H21N5O/c15-10-11-4-3-9-19(11)14(20)12-5-6-13(17-16-12)18-7-1-2-8-18/h5-6,11H,1-4,7-10,15H2. The summed E-state index contributed by atoms with van der Waals surface area (Å²) >= 11 is 0. The number of hydrogen-bond acceptors (Lipinski definition) is 5. The molecule has 2 fully saturated rings. The second kappa shape index (κ2) is 5.75. The van der Waals surface area contributed by atoms with Gasteiger partial charge in [-0.3, -0.25) is 4.79 Å². The summed E-state index contributed by atoms with van der Waals surface area (Å²) in [7, 11) is 0. The molecule has 3 rings (SSSR count). The minimum atomic E-state index is -0.0431. The van der Waals surface area contributed by atoms with Crippen molar-refractivity contribution in [3.8, 4) is 0 Å². The SMILES string of the molecule is NCC1CCCN1C(=O)c1ccc(N2CCCC2)nn1. The van der Waals surface area contributed by atoms with E-state index in [1.807, 2.05) is 11.0 Å². The van der Waals surface area contributed by atoms with Gasteiger partial charge in [-0.25, -0.2) is 0 Å². The van der Waals surface area contributed by atoms with E-state index in [-0.39, 0.29) is 11.9 Å². The molecule has 1 aromatic rings. The van der Waals surface area contributed by atoms with Crippen LogP contribution in [0.1, 0.15) is 36.2 Å². The van der Waals surface area contributed by atoms with Crippen molar-refractivity contribution in [1.82, 2.24) is 15.1 Å². The van der Waals surface area contributed by atoms with Crippen LogP contribution in [-0.4, -0.2) is 53.2 Å². The first kappa shape index (κ1) is 13.3. The molecule has 108 valence electrons. The molecule has 3 heterocycles. The Kier molecular flexibility index (Phi) is 3.82. The van der Waals surface area contributed by atoms with Gasteiger partial charge in [-0.1, -0.05) is 0 Å². The van der Waals surface area contributed by atoms with E-state index in [2.05, 4.69) is 15.1 Å². The first-order valence-corrected chi connectivity index (χ1v) is 7.39. The number of aromatic nitrogens is 2. The van der Waals surface area contributed by atoms with Crippen molar-refractivity contribution in [2.75, 3.05) is 31.1 Å². The number of likely N-dealkylation sites (tertiary alicyclic amines) is 1. The molecule has 6 nitrogen and oxygen atoms in total. The number of hydrogen-bond donors (Lipinski definition) is 1. The summed E-state index contributed by atoms with van der Waals surface area (Å²) in [5.74, 6) is 0.828. The van der Waals surface area contributed by atoms with Crippen LogP contribution >= 0.6 is 0 Å². The number of carbonyl (C=O) groups is 1. The summed E-state index contributed by atoms with van der Waals surface area (Å²) in [4.78, 5) is 16.4. The first-order chi connectivity index (χ1) is 9.79. The predicted molar refractivity (Wildman–Crippen MR) is 76.6 cm³/mol. The average Bonchev–Trinajstić information content (AvgIpc) is 3.17. The molecular weight excluding hydrogens is 254 g/mol. The van der Waals surface area contributed by atoms with Crippen LogP contribution in [-0.2, 0) is 0 Å². The topological polar surface area (TPSA) is 75.3 Å². The number of rotatable bonds is 3. The third-order valence-electron chi connectivity index (χ3n) is 4.21. The molecule has 2 saturated heterocycles. The molecule has 2 N–H and O–H groups in total. The summed E-state index contributed by atoms with van der Waals surface area (Å²) in [5.41, 5.74) is 6.13. The lowest BCUT2D eigenvalue weighted by atomic mass is 10.2. The fourth-order valence-electron chi connectivity index (χ4n) is 3.05. The lowest BCUT2D eigenvalue weighted by molar-refractivity contribution is 0.0734. The molecule has 2 aliphatic heterocycles. The number of anilines is 1. The zero-order chi connectivity index (χ0) is 13.9. The van der Waals surface area contributed by atoms with Gasteiger partial charge in [-0.05, 0) is 37.8 Å². The molecule has 0 aliphatic carbocycles. The van der Waals surface area contributed by atoms with Crippen molar-refractivity contribution >= 4 is 11.7 Å². The van der Waals surface area contributed by atoms with Crippen LogP contribution in [0.3, 0.4) is 0 Å². The zero-order valence-corrected chi connectivity index (χ0v) is 11.7. The minimum Gasteiger partial charge on any atom is -0.355 e. The summed E-state index contributed by atoms with van der Waals surface area (Å²) < 4.78 is 0. The van der Waals surface area contributed by atoms with Gasteiger partial charge in [0.05, 0.1) is 0 Å². The largest absolute Gasteiger partial charge is 0.355 e. The Bertz CT molecular complexity index is 469. The number of nitrogens with zero attached hydrogens (tertiary/aromatic N) is 4. The minimum absolute atomic E-state index is 0.0431. The summed E-state index contributed by atoms with van der Waals surface area (Å²) in [6.07, 6.45) is 4.41. The van der Waals surface area contributed by atoms with Crippen molar-refractivity contribution in [1.29, 1.82) is 0 Å². The molecule has 1 amide bonds. The van der Waals surface area contributed by atoms with E-state index < -0.39 is 0 Å². The summed E-state index contributed by atoms with van der Waals surface area (Å²) in [6.45, 7) is 3.36. The van der Waals surface area contributed by atoms with Gasteiger partial charge >= 0.3 is 0 Å². The second-order valence-electron chi connectivity index (χ2n) is 5.50. The molecule has 0 bridgehead atoms. The number of carbonyl (C=O) groups excluding carboxylic acids is 1. The summed E-state index contributed by atoms with van der Waals surface area (Å²) in [6, 6.07) is 3.84. The van der Waals surface area contributed by atoms with Gasteiger partial charge in [-0.15, -0.1) is 10.2 Å². The van der Waals surface area contributed by atoms with Crippen molar-refractivity contribution in [2.45, 2.75) is 31.7 Å². The van der Waals surface area contributed by atoms with Crippen molar-refractivity contribution < 1.29 is 4.79 Å². The Balaban J connectivity index is 1.72. The van der Waals surface area contributed by atoms with Gasteiger partial charge in [0, 0.05) is 32.2 Å². The molecule has 0 spiro atoms. The third-order valence-corrected chi connectivity index (χ3v) is 4.21. The lowest BCUT2D eigenvalue weighted by Gasteiger charge is -2.23. The highest BCUT2D eigenvalue weighted by Gasteiger charge is 2.29. The normalized spacial score (nSPS) is 22.6. The predicted octanol–water partition coefficient (Wildman–Crippen LogP) is 0.640. The molecule has 2 aliphatic rings.